The van der Waals surface area contributed by atoms with Crippen LogP contribution in [0.15, 0.2) is 121 Å². The molecule has 4 bridgehead atoms. The largest absolute Gasteiger partial charge is 0.460 e. The van der Waals surface area contributed by atoms with Gasteiger partial charge in [0.15, 0.2) is 20.9 Å². The zero-order valence-corrected chi connectivity index (χ0v) is 65.3. The Balaban J connectivity index is 0.000000234. The number of aliphatic hydroxyl groups excluding tert-OH is 2. The summed E-state index contributed by atoms with van der Waals surface area (Å²) < 4.78 is 42.3. The normalized spacial score (nSPS) is 34.6. The van der Waals surface area contributed by atoms with Crippen LogP contribution in [-0.4, -0.2) is 107 Å². The van der Waals surface area contributed by atoms with Crippen molar-refractivity contribution in [1.29, 1.82) is 0 Å². The minimum Gasteiger partial charge on any atom is -0.460 e. The van der Waals surface area contributed by atoms with E-state index >= 15 is 0 Å². The lowest BCUT2D eigenvalue weighted by Gasteiger charge is -2.62. The van der Waals surface area contributed by atoms with E-state index in [1.54, 1.807) is 0 Å². The SMILES string of the molecule is CC.CC[C@]1(CO)C[C@@H](OC(=O)CO[Si](c2ccccc2)(c2ccccc2)C(C)(C)C)[C@@]2(C)C3C(=O)CC[C@]3(CC[C@H]2C)[C@@H](C)[C@@H]1O.CC[C@]12C[C@@H](OC(=O)CO[Si](c3ccccc3)(c3ccccc3)C(C)(C)C)[C@@]3(C)C4C(=O)CC[C@]4(CC[C@H]3C)[C@@H](C)[C@@H]1O[Si](C)(C)C2.O=S. The number of ketones is 2. The van der Waals surface area contributed by atoms with Gasteiger partial charge in [-0.1, -0.05) is 232 Å². The Bertz CT molecular complexity index is 3200. The molecule has 16 atom stereocenters. The van der Waals surface area contributed by atoms with Crippen molar-refractivity contribution in [2.45, 2.75) is 241 Å². The number of ether oxygens (including phenoxy) is 2. The molecule has 0 radical (unpaired) electrons. The average molecular weight is 1390 g/mol. The second-order valence-corrected chi connectivity index (χ2v) is 46.0. The fraction of sp³-hybridized carbons (Fsp3) is 0.650. The van der Waals surface area contributed by atoms with Crippen LogP contribution in [0.4, 0.5) is 0 Å². The summed E-state index contributed by atoms with van der Waals surface area (Å²) in [6.45, 7) is 39.1. The van der Waals surface area contributed by atoms with Crippen LogP contribution in [0.3, 0.4) is 0 Å². The highest BCUT2D eigenvalue weighted by molar-refractivity contribution is 7.44. The van der Waals surface area contributed by atoms with Crippen molar-refractivity contribution in [2.75, 3.05) is 19.8 Å². The van der Waals surface area contributed by atoms with E-state index in [-0.39, 0.29) is 99.7 Å². The highest BCUT2D eigenvalue weighted by Gasteiger charge is 2.72. The maximum atomic E-state index is 14.4. The Morgan fingerprint density at radius 3 is 1.27 bits per heavy atom. The molecule has 6 aliphatic carbocycles. The third kappa shape index (κ3) is 13.1. The number of benzene rings is 4. The summed E-state index contributed by atoms with van der Waals surface area (Å²) in [5.41, 5.74) is -2.44. The second kappa shape index (κ2) is 29.7. The van der Waals surface area contributed by atoms with Crippen LogP contribution in [0.1, 0.15) is 188 Å². The zero-order valence-electron chi connectivity index (χ0n) is 61.5. The summed E-state index contributed by atoms with van der Waals surface area (Å²) in [6, 6.07) is 42.4. The first-order valence-electron chi connectivity index (χ1n) is 36.4. The lowest BCUT2D eigenvalue weighted by atomic mass is 9.43. The van der Waals surface area contributed by atoms with Gasteiger partial charge in [0.05, 0.1) is 18.8 Å². The fourth-order valence-corrected chi connectivity index (χ4v) is 33.9. The van der Waals surface area contributed by atoms with E-state index in [1.165, 1.54) is 0 Å². The molecule has 1 aliphatic heterocycles. The first-order chi connectivity index (χ1) is 45.3. The van der Waals surface area contributed by atoms with Gasteiger partial charge in [0.1, 0.15) is 37.0 Å². The molecule has 528 valence electrons. The van der Waals surface area contributed by atoms with Crippen molar-refractivity contribution in [2.24, 2.45) is 68.0 Å². The van der Waals surface area contributed by atoms with Crippen LogP contribution in [0, 0.1) is 68.0 Å². The van der Waals surface area contributed by atoms with Crippen LogP contribution in [0.2, 0.25) is 29.2 Å². The summed E-state index contributed by atoms with van der Waals surface area (Å²) >= 11 is 2.83. The van der Waals surface area contributed by atoms with Crippen molar-refractivity contribution >= 4 is 81.7 Å². The molecule has 4 aromatic rings. The van der Waals surface area contributed by atoms with Gasteiger partial charge in [0.25, 0.3) is 16.6 Å². The zero-order chi connectivity index (χ0) is 70.9. The molecule has 11 rings (SSSR count). The summed E-state index contributed by atoms with van der Waals surface area (Å²) in [6.07, 6.45) is 7.49. The van der Waals surface area contributed by atoms with Crippen LogP contribution < -0.4 is 20.7 Å². The quantitative estimate of drug-likeness (QED) is 0.0852. The van der Waals surface area contributed by atoms with Crippen molar-refractivity contribution < 1.29 is 56.4 Å². The molecule has 1 saturated heterocycles. The van der Waals surface area contributed by atoms with Gasteiger partial charge < -0.3 is 33.0 Å². The molecule has 16 heteroatoms. The van der Waals surface area contributed by atoms with E-state index in [1.807, 2.05) is 69.3 Å². The molecule has 0 spiro atoms. The number of hydrogen-bond donors (Lipinski definition) is 2. The van der Waals surface area contributed by atoms with Gasteiger partial charge >= 0.3 is 11.9 Å². The molecule has 96 heavy (non-hydrogen) atoms. The Kier molecular flexibility index (Phi) is 23.9. The van der Waals surface area contributed by atoms with Gasteiger partial charge in [-0.2, -0.15) is 4.21 Å². The summed E-state index contributed by atoms with van der Waals surface area (Å²) in [7, 11) is -7.86. The van der Waals surface area contributed by atoms with E-state index in [2.05, 4.69) is 188 Å². The number of carbonyl (C=O) groups excluding carboxylic acids is 4. The third-order valence-electron chi connectivity index (χ3n) is 26.6. The van der Waals surface area contributed by atoms with Crippen molar-refractivity contribution in [3.8, 4) is 0 Å². The van der Waals surface area contributed by atoms with Crippen molar-refractivity contribution in [1.82, 2.24) is 0 Å². The van der Waals surface area contributed by atoms with Crippen molar-refractivity contribution in [3.63, 3.8) is 0 Å². The van der Waals surface area contributed by atoms with Gasteiger partial charge in [-0.25, -0.2) is 9.59 Å². The number of hydrogen-bond acceptors (Lipinski definition) is 13. The van der Waals surface area contributed by atoms with Crippen LogP contribution in [0.5, 0.6) is 0 Å². The third-order valence-corrected chi connectivity index (χ3v) is 39.0. The van der Waals surface area contributed by atoms with Gasteiger partial charge in [-0.3, -0.25) is 9.59 Å². The predicted octanol–water partition coefficient (Wildman–Crippen LogP) is 14.3. The molecule has 6 saturated carbocycles. The minimum atomic E-state index is -2.98. The standard InChI is InChI=1S/C40H58O5Si2.C38H54O6Si.C2H6.OS/c1-10-39-25-33(38(7)28(2)21-23-40(24-22-32(41)35(38)40)29(3)36(39)45-46(8,9)27-39)44-34(42)26-43-47(37(4,5)6,30-17-13-11-14-18-30)31-19-15-12-16-20-31;1-8-37(25-39)23-31(36(7)26(2)19-21-38(27(3)34(37)42)22-20-30(40)33(36)38)44-32(41)24-43-45(35(4,5)6,28-15-11-9-12-16-28)29-17-13-10-14-18-29;2*1-2/h11-20,28-29,33,35-36H,10,21-27H2,1-9H3;9-18,26-27,31,33-34,39,42H,8,19-25H2,1-7H3;1-2H3;/t28-,29+,33-,35?,36+,38+,39-,40-;26-,27+,31-,33?,34+,36+,37-,38-;;/m11../s1. The van der Waals surface area contributed by atoms with Gasteiger partial charge in [-0.15, -0.1) is 0 Å². The number of Topliss-reactive ketones (excluding diaryl/α,β-unsaturated/α-hetero) is 2. The monoisotopic (exact) mass is 1390 g/mol. The smallest absolute Gasteiger partial charge is 0.331 e. The Hall–Kier alpha value is -4.37. The molecule has 0 amide bonds. The van der Waals surface area contributed by atoms with Gasteiger partial charge in [0, 0.05) is 40.9 Å². The first kappa shape index (κ1) is 77.4. The second-order valence-electron chi connectivity index (χ2n) is 33.2. The molecule has 1 heterocycles. The van der Waals surface area contributed by atoms with E-state index in [0.717, 1.165) is 78.2 Å². The fourth-order valence-electron chi connectivity index (χ4n) is 21.4. The highest BCUT2D eigenvalue weighted by Crippen LogP contribution is 2.71. The number of carbonyl (C=O) groups is 4. The van der Waals surface area contributed by atoms with Crippen LogP contribution in [0.25, 0.3) is 0 Å². The van der Waals surface area contributed by atoms with E-state index < -0.39 is 59.4 Å². The van der Waals surface area contributed by atoms with Crippen molar-refractivity contribution in [3.05, 3.63) is 121 Å². The molecule has 7 fully saturated rings. The predicted molar refractivity (Wildman–Crippen MR) is 393 cm³/mol. The van der Waals surface area contributed by atoms with Gasteiger partial charge in [-0.05, 0) is 154 Å². The van der Waals surface area contributed by atoms with Gasteiger partial charge in [0.2, 0.25) is 0 Å². The van der Waals surface area contributed by atoms with E-state index in [9.17, 15) is 29.4 Å². The lowest BCUT2D eigenvalue weighted by molar-refractivity contribution is -0.219. The van der Waals surface area contributed by atoms with Crippen LogP contribution in [-0.2, 0) is 54.5 Å². The first-order valence-corrected chi connectivity index (χ1v) is 43.6. The summed E-state index contributed by atoms with van der Waals surface area (Å²) in [5, 5.41) is 26.7. The molecule has 2 N–H and O–H groups in total. The molecular formula is C80H118O12SSi3. The summed E-state index contributed by atoms with van der Waals surface area (Å²) in [5.74, 6) is -0.0609. The molecular weight excluding hydrogens is 1270 g/mol. The maximum absolute atomic E-state index is 14.4. The number of aliphatic hydroxyl groups is 2. The molecule has 12 nitrogen and oxygen atoms in total. The topological polar surface area (TPSA) is 172 Å². The number of fused-ring (bicyclic) bond motifs is 1. The molecule has 0 aromatic heterocycles. The van der Waals surface area contributed by atoms with E-state index in [0.29, 0.717) is 37.4 Å². The number of esters is 2. The molecule has 7 aliphatic rings. The lowest BCUT2D eigenvalue weighted by Crippen LogP contribution is -2.67. The van der Waals surface area contributed by atoms with Crippen LogP contribution >= 0.6 is 0 Å². The Labute approximate surface area is 585 Å². The molecule has 4 aromatic carbocycles. The average Bonchev–Trinajstić information content (AvgIpc) is 1.46. The van der Waals surface area contributed by atoms with E-state index in [4.69, 9.17) is 27.0 Å². The summed E-state index contributed by atoms with van der Waals surface area (Å²) in [4.78, 5) is 56.4. The Morgan fingerprint density at radius 2 is 0.938 bits per heavy atom. The number of rotatable bonds is 15. The highest BCUT2D eigenvalue weighted by atomic mass is 32.1. The minimum absolute atomic E-state index is 0.0686. The molecule has 2 unspecified atom stereocenters. The maximum Gasteiger partial charge on any atom is 0.331 e. The Morgan fingerprint density at radius 1 is 0.583 bits per heavy atom.